The van der Waals surface area contributed by atoms with Gasteiger partial charge >= 0.3 is 0 Å². The fraction of sp³-hybridized carbons (Fsp3) is 0. The summed E-state index contributed by atoms with van der Waals surface area (Å²) in [6.07, 6.45) is 0. The molecule has 9 aromatic carbocycles. The fourth-order valence-corrected chi connectivity index (χ4v) is 8.98. The molecule has 5 heteroatoms. The van der Waals surface area contributed by atoms with Crippen LogP contribution in [0.1, 0.15) is 0 Å². The molecule has 0 aliphatic heterocycles. The summed E-state index contributed by atoms with van der Waals surface area (Å²) in [5, 5.41) is 8.13. The summed E-state index contributed by atoms with van der Waals surface area (Å²) < 4.78 is 2.44. The van der Waals surface area contributed by atoms with Crippen molar-refractivity contribution in [1.82, 2.24) is 24.5 Å². The van der Waals surface area contributed by atoms with E-state index < -0.39 is 0 Å². The number of hydrogen-bond acceptors (Lipinski definition) is 4. The lowest BCUT2D eigenvalue weighted by molar-refractivity contribution is 1.07. The molecule has 0 aliphatic rings. The highest BCUT2D eigenvalue weighted by molar-refractivity contribution is 6.29. The van der Waals surface area contributed by atoms with Gasteiger partial charge < -0.3 is 4.57 Å². The number of nitrogens with zero attached hydrogens (tertiary/aromatic N) is 5. The topological polar surface area (TPSA) is 56.5 Å². The van der Waals surface area contributed by atoms with E-state index in [0.717, 1.165) is 82.9 Å². The second kappa shape index (κ2) is 14.2. The van der Waals surface area contributed by atoms with Gasteiger partial charge in [-0.3, -0.25) is 0 Å². The number of benzene rings is 9. The molecule has 0 N–H and O–H groups in total. The van der Waals surface area contributed by atoms with E-state index in [-0.39, 0.29) is 0 Å². The minimum Gasteiger partial charge on any atom is -0.309 e. The first kappa shape index (κ1) is 34.7. The van der Waals surface area contributed by atoms with Crippen molar-refractivity contribution in [1.29, 1.82) is 0 Å². The van der Waals surface area contributed by atoms with Crippen LogP contribution >= 0.6 is 0 Å². The third kappa shape index (κ3) is 5.86. The molecule has 0 saturated heterocycles. The largest absolute Gasteiger partial charge is 0.309 e. The van der Waals surface area contributed by atoms with E-state index in [9.17, 15) is 0 Å². The molecule has 0 fully saturated rings. The van der Waals surface area contributed by atoms with Crippen LogP contribution in [0.15, 0.2) is 212 Å². The smallest absolute Gasteiger partial charge is 0.164 e. The highest BCUT2D eigenvalue weighted by Crippen LogP contribution is 2.45. The Labute approximate surface area is 351 Å². The van der Waals surface area contributed by atoms with Crippen LogP contribution in [0, 0.1) is 0 Å². The van der Waals surface area contributed by atoms with Crippen molar-refractivity contribution in [3.05, 3.63) is 212 Å². The molecule has 0 atom stereocenters. The molecule has 0 amide bonds. The quantitative estimate of drug-likeness (QED) is 0.158. The summed E-state index contributed by atoms with van der Waals surface area (Å²) in [5.41, 5.74) is 11.6. The van der Waals surface area contributed by atoms with Crippen LogP contribution < -0.4 is 0 Å². The molecule has 0 aliphatic carbocycles. The summed E-state index contributed by atoms with van der Waals surface area (Å²) in [6, 6.07) is 74.6. The predicted molar refractivity (Wildman–Crippen MR) is 252 cm³/mol. The second-order valence-corrected chi connectivity index (χ2v) is 15.4. The first-order valence-electron chi connectivity index (χ1n) is 20.6. The third-order valence-electron chi connectivity index (χ3n) is 11.8. The molecule has 61 heavy (non-hydrogen) atoms. The zero-order chi connectivity index (χ0) is 40.3. The molecular weight excluding hydrogens is 743 g/mol. The average Bonchev–Trinajstić information content (AvgIpc) is 3.69. The van der Waals surface area contributed by atoms with Gasteiger partial charge in [0.05, 0.1) is 22.2 Å². The van der Waals surface area contributed by atoms with Crippen molar-refractivity contribution in [2.24, 2.45) is 0 Å². The minimum absolute atomic E-state index is 0.639. The summed E-state index contributed by atoms with van der Waals surface area (Å²) >= 11 is 0. The van der Waals surface area contributed by atoms with Gasteiger partial charge in [0.15, 0.2) is 17.5 Å². The molecule has 12 rings (SSSR count). The van der Waals surface area contributed by atoms with E-state index in [1.54, 1.807) is 0 Å². The first-order valence-corrected chi connectivity index (χ1v) is 20.6. The second-order valence-electron chi connectivity index (χ2n) is 15.4. The van der Waals surface area contributed by atoms with Crippen LogP contribution in [0.2, 0.25) is 0 Å². The Balaban J connectivity index is 1.07. The predicted octanol–water partition coefficient (Wildman–Crippen LogP) is 14.2. The van der Waals surface area contributed by atoms with E-state index in [2.05, 4.69) is 156 Å². The lowest BCUT2D eigenvalue weighted by Gasteiger charge is -2.13. The Kier molecular flexibility index (Phi) is 8.10. The Morgan fingerprint density at radius 2 is 0.869 bits per heavy atom. The normalized spacial score (nSPS) is 11.6. The molecule has 3 aromatic heterocycles. The monoisotopic (exact) mass is 777 g/mol. The van der Waals surface area contributed by atoms with Crippen molar-refractivity contribution < 1.29 is 0 Å². The van der Waals surface area contributed by atoms with Crippen LogP contribution in [-0.2, 0) is 0 Å². The van der Waals surface area contributed by atoms with Gasteiger partial charge in [-0.05, 0) is 58.1 Å². The molecule has 3 heterocycles. The van der Waals surface area contributed by atoms with E-state index in [1.807, 2.05) is 60.7 Å². The maximum Gasteiger partial charge on any atom is 0.164 e. The van der Waals surface area contributed by atoms with Crippen molar-refractivity contribution >= 4 is 54.3 Å². The van der Waals surface area contributed by atoms with Gasteiger partial charge in [0.1, 0.15) is 0 Å². The molecule has 0 spiro atoms. The van der Waals surface area contributed by atoms with Crippen molar-refractivity contribution in [2.75, 3.05) is 0 Å². The number of fused-ring (bicyclic) bond motifs is 8. The zero-order valence-electron chi connectivity index (χ0n) is 32.9. The number of hydrogen-bond donors (Lipinski definition) is 0. The number of para-hydroxylation sites is 3. The maximum absolute atomic E-state index is 5.37. The summed E-state index contributed by atoms with van der Waals surface area (Å²) in [4.78, 5) is 20.3. The zero-order valence-corrected chi connectivity index (χ0v) is 32.9. The van der Waals surface area contributed by atoms with Gasteiger partial charge in [-0.2, -0.15) is 0 Å². The van der Waals surface area contributed by atoms with Gasteiger partial charge in [0.25, 0.3) is 0 Å². The Hall–Kier alpha value is -8.28. The van der Waals surface area contributed by atoms with Crippen molar-refractivity contribution in [3.8, 4) is 62.2 Å². The highest BCUT2D eigenvalue weighted by Gasteiger charge is 2.22. The molecule has 0 unspecified atom stereocenters. The molecule has 12 aromatic rings. The van der Waals surface area contributed by atoms with E-state index in [1.165, 1.54) is 16.2 Å². The number of rotatable bonds is 6. The standard InChI is InChI=1S/C56H35N5/c1-5-16-36(17-6-1)52-51-46(45-24-13-14-27-48(45)57-52)32-33-49-50(51)47-26-15-25-44(53(47)61(49)43-22-11-4-12-23-43)41-30-28-40-35-42(31-29-39(40)34-41)56-59-54(37-18-7-2-8-19-37)58-55(60-56)38-20-9-3-10-21-38/h1-35H. The lowest BCUT2D eigenvalue weighted by atomic mass is 9.94. The Morgan fingerprint density at radius 3 is 1.54 bits per heavy atom. The van der Waals surface area contributed by atoms with Crippen LogP contribution in [0.4, 0.5) is 0 Å². The van der Waals surface area contributed by atoms with Crippen molar-refractivity contribution in [3.63, 3.8) is 0 Å². The third-order valence-corrected chi connectivity index (χ3v) is 11.8. The molecule has 0 saturated carbocycles. The van der Waals surface area contributed by atoms with Crippen molar-refractivity contribution in [2.45, 2.75) is 0 Å². The van der Waals surface area contributed by atoms with Gasteiger partial charge in [0.2, 0.25) is 0 Å². The number of aromatic nitrogens is 5. The highest BCUT2D eigenvalue weighted by atomic mass is 15.0. The molecule has 5 nitrogen and oxygen atoms in total. The Bertz CT molecular complexity index is 3560. The van der Waals surface area contributed by atoms with Gasteiger partial charge in [-0.1, -0.05) is 176 Å². The number of pyridine rings is 1. The summed E-state index contributed by atoms with van der Waals surface area (Å²) in [5.74, 6) is 1.93. The van der Waals surface area contributed by atoms with Crippen LogP contribution in [-0.4, -0.2) is 24.5 Å². The van der Waals surface area contributed by atoms with Gasteiger partial charge in [0, 0.05) is 55.0 Å². The maximum atomic E-state index is 5.37. The molecule has 0 bridgehead atoms. The SMILES string of the molecule is c1ccc(-c2nc(-c3ccccc3)nc(-c3ccc4cc(-c5cccc6c7c8c(-c9ccccc9)nc9ccccc9c8ccc7n(-c7ccccc7)c56)ccc4c3)n2)cc1. The van der Waals surface area contributed by atoms with E-state index >= 15 is 0 Å². The van der Waals surface area contributed by atoms with Crippen LogP contribution in [0.25, 0.3) is 116 Å². The minimum atomic E-state index is 0.639. The molecule has 284 valence electrons. The van der Waals surface area contributed by atoms with E-state index in [4.69, 9.17) is 19.9 Å². The Morgan fingerprint density at radius 1 is 0.328 bits per heavy atom. The van der Waals surface area contributed by atoms with Gasteiger partial charge in [-0.25, -0.2) is 19.9 Å². The molecular formula is C56H35N5. The van der Waals surface area contributed by atoms with Gasteiger partial charge in [-0.15, -0.1) is 0 Å². The fourth-order valence-electron chi connectivity index (χ4n) is 8.98. The van der Waals surface area contributed by atoms with Crippen LogP contribution in [0.5, 0.6) is 0 Å². The molecule has 0 radical (unpaired) electrons. The van der Waals surface area contributed by atoms with Crippen LogP contribution in [0.3, 0.4) is 0 Å². The summed E-state index contributed by atoms with van der Waals surface area (Å²) in [6.45, 7) is 0. The van der Waals surface area contributed by atoms with E-state index in [0.29, 0.717) is 17.5 Å². The lowest BCUT2D eigenvalue weighted by Crippen LogP contribution is -2.00. The summed E-state index contributed by atoms with van der Waals surface area (Å²) in [7, 11) is 0. The first-order chi connectivity index (χ1) is 30.2. The average molecular weight is 778 g/mol.